The molecule has 1 aliphatic rings. The van der Waals surface area contributed by atoms with Crippen LogP contribution in [-0.2, 0) is 13.7 Å². The van der Waals surface area contributed by atoms with E-state index in [1.807, 2.05) is 36.7 Å². The Hall–Kier alpha value is -2.57. The molecular weight excluding hydrogens is 394 g/mol. The van der Waals surface area contributed by atoms with Crippen LogP contribution in [0.4, 0.5) is 0 Å². The van der Waals surface area contributed by atoms with Gasteiger partial charge in [0.25, 0.3) is 5.56 Å². The molecule has 3 heterocycles. The maximum Gasteiger partial charge on any atom is 0.258 e. The molecule has 4 aromatic rings. The number of aryl methyl sites for hydroxylation is 1. The van der Waals surface area contributed by atoms with Crippen LogP contribution in [0.3, 0.4) is 0 Å². The third-order valence-corrected chi connectivity index (χ3v) is 6.35. The fourth-order valence-corrected chi connectivity index (χ4v) is 4.30. The van der Waals surface area contributed by atoms with Crippen molar-refractivity contribution < 1.29 is 4.74 Å². The van der Waals surface area contributed by atoms with Gasteiger partial charge in [-0.2, -0.15) is 0 Å². The lowest BCUT2D eigenvalue weighted by Crippen LogP contribution is -2.16. The van der Waals surface area contributed by atoms with Gasteiger partial charge in [-0.3, -0.25) is 9.36 Å². The van der Waals surface area contributed by atoms with Gasteiger partial charge in [-0.25, -0.2) is 4.98 Å². The summed E-state index contributed by atoms with van der Waals surface area (Å²) < 4.78 is 10.2. The fraction of sp³-hybridized carbons (Fsp3) is 0.238. The monoisotopic (exact) mass is 411 g/mol. The first kappa shape index (κ1) is 17.5. The Balaban J connectivity index is 1.43. The summed E-state index contributed by atoms with van der Waals surface area (Å²) in [6.45, 7) is 0.344. The third-order valence-electron chi connectivity index (χ3n) is 5.10. The Bertz CT molecular complexity index is 1240. The van der Waals surface area contributed by atoms with Crippen LogP contribution in [0.5, 0.6) is 5.75 Å². The number of hydrogen-bond donors (Lipinski definition) is 0. The molecule has 0 radical (unpaired) electrons. The Morgan fingerprint density at radius 3 is 2.82 bits per heavy atom. The average molecular weight is 412 g/mol. The standard InChI is InChI=1S/C21H18ClN3O2S/c1-24-18-10-15(4-5-17(18)23-21(24)13-2-3-13)25-8-6-16(11-19(25)26)27-12-14-7-9-28-20(14)22/h4-11,13H,2-3,12H2,1H3. The van der Waals surface area contributed by atoms with Gasteiger partial charge in [0.1, 0.15) is 18.2 Å². The van der Waals surface area contributed by atoms with Crippen LogP contribution in [-0.4, -0.2) is 14.1 Å². The van der Waals surface area contributed by atoms with E-state index in [9.17, 15) is 4.79 Å². The van der Waals surface area contributed by atoms with Crippen LogP contribution in [0.25, 0.3) is 16.7 Å². The zero-order valence-corrected chi connectivity index (χ0v) is 16.8. The van der Waals surface area contributed by atoms with Crippen molar-refractivity contribution >= 4 is 34.0 Å². The highest BCUT2D eigenvalue weighted by Crippen LogP contribution is 2.40. The highest BCUT2D eigenvalue weighted by molar-refractivity contribution is 7.14. The smallest absolute Gasteiger partial charge is 0.258 e. The van der Waals surface area contributed by atoms with Crippen molar-refractivity contribution in [2.75, 3.05) is 0 Å². The van der Waals surface area contributed by atoms with Gasteiger partial charge in [0, 0.05) is 30.8 Å². The predicted octanol–water partition coefficient (Wildman–Crippen LogP) is 4.90. The normalized spacial score (nSPS) is 13.9. The van der Waals surface area contributed by atoms with Crippen LogP contribution >= 0.6 is 22.9 Å². The van der Waals surface area contributed by atoms with Gasteiger partial charge < -0.3 is 9.30 Å². The van der Waals surface area contributed by atoms with Crippen molar-refractivity contribution in [3.63, 3.8) is 0 Å². The molecule has 28 heavy (non-hydrogen) atoms. The van der Waals surface area contributed by atoms with E-state index in [-0.39, 0.29) is 5.56 Å². The first-order valence-electron chi connectivity index (χ1n) is 9.14. The number of hydrogen-bond acceptors (Lipinski definition) is 4. The SMILES string of the molecule is Cn1c(C2CC2)nc2ccc(-n3ccc(OCc4ccsc4Cl)cc3=O)cc21. The van der Waals surface area contributed by atoms with E-state index in [4.69, 9.17) is 21.3 Å². The number of rotatable bonds is 5. The topological polar surface area (TPSA) is 49.0 Å². The zero-order chi connectivity index (χ0) is 19.3. The molecule has 0 saturated heterocycles. The lowest BCUT2D eigenvalue weighted by Gasteiger charge is -2.09. The van der Waals surface area contributed by atoms with Crippen LogP contribution < -0.4 is 10.3 Å². The van der Waals surface area contributed by atoms with Crippen molar-refractivity contribution in [3.8, 4) is 11.4 Å². The largest absolute Gasteiger partial charge is 0.489 e. The highest BCUT2D eigenvalue weighted by Gasteiger charge is 2.28. The van der Waals surface area contributed by atoms with Crippen LogP contribution in [0.15, 0.2) is 52.8 Å². The molecule has 1 aromatic carbocycles. The molecule has 7 heteroatoms. The molecule has 5 rings (SSSR count). The highest BCUT2D eigenvalue weighted by atomic mass is 35.5. The van der Waals surface area contributed by atoms with E-state index < -0.39 is 0 Å². The van der Waals surface area contributed by atoms with E-state index >= 15 is 0 Å². The second kappa shape index (κ2) is 6.79. The minimum atomic E-state index is -0.141. The molecule has 0 aliphatic heterocycles. The van der Waals surface area contributed by atoms with Gasteiger partial charge in [-0.05, 0) is 48.6 Å². The molecule has 0 amide bonds. The molecule has 142 valence electrons. The maximum absolute atomic E-state index is 12.6. The molecular formula is C21H18ClN3O2S. The third kappa shape index (κ3) is 3.12. The minimum absolute atomic E-state index is 0.141. The van der Waals surface area contributed by atoms with Gasteiger partial charge in [-0.15, -0.1) is 11.3 Å². The number of imidazole rings is 1. The van der Waals surface area contributed by atoms with Gasteiger partial charge in [0.05, 0.1) is 21.1 Å². The van der Waals surface area contributed by atoms with Crippen molar-refractivity contribution in [1.29, 1.82) is 0 Å². The minimum Gasteiger partial charge on any atom is -0.489 e. The molecule has 0 N–H and O–H groups in total. The first-order chi connectivity index (χ1) is 13.6. The zero-order valence-electron chi connectivity index (χ0n) is 15.3. The number of ether oxygens (including phenoxy) is 1. The van der Waals surface area contributed by atoms with Gasteiger partial charge in [0.2, 0.25) is 0 Å². The molecule has 1 saturated carbocycles. The number of aromatic nitrogens is 3. The number of fused-ring (bicyclic) bond motifs is 1. The molecule has 1 aliphatic carbocycles. The fourth-order valence-electron chi connectivity index (χ4n) is 3.40. The predicted molar refractivity (Wildman–Crippen MR) is 112 cm³/mol. The van der Waals surface area contributed by atoms with Gasteiger partial charge >= 0.3 is 0 Å². The lowest BCUT2D eigenvalue weighted by atomic mass is 10.2. The van der Waals surface area contributed by atoms with E-state index in [2.05, 4.69) is 4.57 Å². The Kier molecular flexibility index (Phi) is 4.25. The Morgan fingerprint density at radius 1 is 1.25 bits per heavy atom. The van der Waals surface area contributed by atoms with E-state index in [0.29, 0.717) is 22.6 Å². The summed E-state index contributed by atoms with van der Waals surface area (Å²) in [6.07, 6.45) is 4.16. The molecule has 0 unspecified atom stereocenters. The summed E-state index contributed by atoms with van der Waals surface area (Å²) in [7, 11) is 2.04. The summed E-state index contributed by atoms with van der Waals surface area (Å²) in [4.78, 5) is 17.4. The number of benzene rings is 1. The average Bonchev–Trinajstić information content (AvgIpc) is 3.37. The van der Waals surface area contributed by atoms with E-state index in [0.717, 1.165) is 28.1 Å². The Morgan fingerprint density at radius 2 is 2.11 bits per heavy atom. The molecule has 0 atom stereocenters. The maximum atomic E-state index is 12.6. The summed E-state index contributed by atoms with van der Waals surface area (Å²) in [5.41, 5.74) is 3.60. The second-order valence-corrected chi connectivity index (χ2v) is 8.57. The molecule has 5 nitrogen and oxygen atoms in total. The van der Waals surface area contributed by atoms with Crippen molar-refractivity contribution in [2.24, 2.45) is 7.05 Å². The summed E-state index contributed by atoms with van der Waals surface area (Å²) in [5, 5.41) is 1.92. The number of thiophene rings is 1. The number of halogens is 1. The summed E-state index contributed by atoms with van der Waals surface area (Å²) >= 11 is 7.56. The van der Waals surface area contributed by atoms with Crippen LogP contribution in [0.1, 0.15) is 30.1 Å². The Labute approximate surface area is 170 Å². The van der Waals surface area contributed by atoms with Gasteiger partial charge in [-0.1, -0.05) is 11.6 Å². The van der Waals surface area contributed by atoms with E-state index in [1.54, 1.807) is 16.8 Å². The summed E-state index contributed by atoms with van der Waals surface area (Å²) in [5.74, 6) is 2.24. The van der Waals surface area contributed by atoms with Crippen molar-refractivity contribution in [3.05, 3.63) is 74.1 Å². The second-order valence-electron chi connectivity index (χ2n) is 7.06. The van der Waals surface area contributed by atoms with Crippen LogP contribution in [0.2, 0.25) is 4.34 Å². The summed E-state index contributed by atoms with van der Waals surface area (Å²) in [6, 6.07) is 11.1. The van der Waals surface area contributed by atoms with Crippen molar-refractivity contribution in [2.45, 2.75) is 25.4 Å². The lowest BCUT2D eigenvalue weighted by molar-refractivity contribution is 0.306. The quantitative estimate of drug-likeness (QED) is 0.469. The number of nitrogens with zero attached hydrogens (tertiary/aromatic N) is 3. The first-order valence-corrected chi connectivity index (χ1v) is 10.4. The van der Waals surface area contributed by atoms with Gasteiger partial charge in [0.15, 0.2) is 0 Å². The van der Waals surface area contributed by atoms with Crippen LogP contribution in [0, 0.1) is 0 Å². The van der Waals surface area contributed by atoms with Crippen molar-refractivity contribution in [1.82, 2.24) is 14.1 Å². The molecule has 0 bridgehead atoms. The van der Waals surface area contributed by atoms with E-state index in [1.165, 1.54) is 30.2 Å². The number of pyridine rings is 1. The molecule has 3 aromatic heterocycles. The molecule has 0 spiro atoms. The molecule has 1 fully saturated rings.